The number of carbonyl (C=O) groups is 3. The molecule has 1 atom stereocenters. The number of hydrogen-bond acceptors (Lipinski definition) is 4. The molecule has 0 spiro atoms. The normalized spacial score (nSPS) is 16.2. The summed E-state index contributed by atoms with van der Waals surface area (Å²) in [7, 11) is 1.32. The van der Waals surface area contributed by atoms with Gasteiger partial charge in [-0.15, -0.1) is 0 Å². The minimum absolute atomic E-state index is 0.0616. The van der Waals surface area contributed by atoms with Crippen LogP contribution in [0, 0.1) is 12.8 Å². The van der Waals surface area contributed by atoms with Gasteiger partial charge in [0.1, 0.15) is 0 Å². The summed E-state index contributed by atoms with van der Waals surface area (Å²) in [5.74, 6) is -1.19. The van der Waals surface area contributed by atoms with Crippen molar-refractivity contribution in [2.45, 2.75) is 26.7 Å². The standard InChI is InChI=1S/C22H24N2O4/c1-4-15-7-5-8-17(11-15)24-13-16(12-20(24)25)21(26)23-19-10-6-9-18(14(19)2)22(27)28-3/h5-11,16H,4,12-13H2,1-3H3,(H,23,26). The van der Waals surface area contributed by atoms with Gasteiger partial charge in [-0.05, 0) is 48.7 Å². The molecule has 1 fully saturated rings. The summed E-state index contributed by atoms with van der Waals surface area (Å²) in [5, 5.41) is 2.86. The van der Waals surface area contributed by atoms with Gasteiger partial charge in [-0.2, -0.15) is 0 Å². The number of benzene rings is 2. The van der Waals surface area contributed by atoms with Crippen LogP contribution in [0.25, 0.3) is 0 Å². The SMILES string of the molecule is CCc1cccc(N2CC(C(=O)Nc3cccc(C(=O)OC)c3C)CC2=O)c1. The number of methoxy groups -OCH3 is 1. The molecule has 1 heterocycles. The number of ether oxygens (including phenoxy) is 1. The molecule has 0 bridgehead atoms. The predicted octanol–water partition coefficient (Wildman–Crippen LogP) is 3.34. The number of amides is 2. The van der Waals surface area contributed by atoms with Crippen molar-refractivity contribution in [3.8, 4) is 0 Å². The first-order valence-corrected chi connectivity index (χ1v) is 9.32. The molecule has 2 aromatic carbocycles. The summed E-state index contributed by atoms with van der Waals surface area (Å²) >= 11 is 0. The van der Waals surface area contributed by atoms with Gasteiger partial charge in [-0.3, -0.25) is 9.59 Å². The van der Waals surface area contributed by atoms with E-state index in [1.54, 1.807) is 30.0 Å². The average molecular weight is 380 g/mol. The molecule has 1 aliphatic rings. The summed E-state index contributed by atoms with van der Waals surface area (Å²) in [6.45, 7) is 4.16. The van der Waals surface area contributed by atoms with Gasteiger partial charge in [-0.25, -0.2) is 4.79 Å². The van der Waals surface area contributed by atoms with E-state index >= 15 is 0 Å². The second-order valence-electron chi connectivity index (χ2n) is 6.89. The van der Waals surface area contributed by atoms with Crippen molar-refractivity contribution in [1.29, 1.82) is 0 Å². The summed E-state index contributed by atoms with van der Waals surface area (Å²) in [5.41, 5.74) is 3.56. The summed E-state index contributed by atoms with van der Waals surface area (Å²) in [6, 6.07) is 12.9. The number of rotatable bonds is 5. The van der Waals surface area contributed by atoms with E-state index in [0.717, 1.165) is 17.7 Å². The van der Waals surface area contributed by atoms with E-state index in [-0.39, 0.29) is 18.2 Å². The smallest absolute Gasteiger partial charge is 0.338 e. The van der Waals surface area contributed by atoms with Crippen LogP contribution in [-0.4, -0.2) is 31.4 Å². The van der Waals surface area contributed by atoms with Gasteiger partial charge in [0, 0.05) is 24.3 Å². The molecule has 146 valence electrons. The molecular formula is C22H24N2O4. The van der Waals surface area contributed by atoms with Crippen LogP contribution < -0.4 is 10.2 Å². The number of anilines is 2. The van der Waals surface area contributed by atoms with Gasteiger partial charge < -0.3 is 15.0 Å². The van der Waals surface area contributed by atoms with Crippen molar-refractivity contribution in [2.75, 3.05) is 23.9 Å². The van der Waals surface area contributed by atoms with Crippen molar-refractivity contribution < 1.29 is 19.1 Å². The Morgan fingerprint density at radius 3 is 2.68 bits per heavy atom. The third-order valence-corrected chi connectivity index (χ3v) is 5.12. The van der Waals surface area contributed by atoms with Crippen molar-refractivity contribution in [3.05, 3.63) is 59.2 Å². The molecule has 0 radical (unpaired) electrons. The number of aryl methyl sites for hydroxylation is 1. The van der Waals surface area contributed by atoms with Gasteiger partial charge in [-0.1, -0.05) is 25.1 Å². The maximum absolute atomic E-state index is 12.8. The molecule has 2 aromatic rings. The van der Waals surface area contributed by atoms with Crippen molar-refractivity contribution in [3.63, 3.8) is 0 Å². The lowest BCUT2D eigenvalue weighted by Crippen LogP contribution is -2.28. The van der Waals surface area contributed by atoms with Gasteiger partial charge >= 0.3 is 5.97 Å². The quantitative estimate of drug-likeness (QED) is 0.808. The minimum atomic E-state index is -0.452. The molecule has 1 unspecified atom stereocenters. The molecule has 3 rings (SSSR count). The first-order chi connectivity index (χ1) is 13.4. The molecule has 1 N–H and O–H groups in total. The highest BCUT2D eigenvalue weighted by Gasteiger charge is 2.35. The number of carbonyl (C=O) groups excluding carboxylic acids is 3. The zero-order chi connectivity index (χ0) is 20.3. The Kier molecular flexibility index (Phi) is 5.78. The largest absolute Gasteiger partial charge is 0.465 e. The van der Waals surface area contributed by atoms with Crippen molar-refractivity contribution in [1.82, 2.24) is 0 Å². The highest BCUT2D eigenvalue weighted by atomic mass is 16.5. The topological polar surface area (TPSA) is 75.7 Å². The van der Waals surface area contributed by atoms with Crippen LogP contribution in [-0.2, 0) is 20.7 Å². The second kappa shape index (κ2) is 8.25. The van der Waals surface area contributed by atoms with Crippen LogP contribution in [0.1, 0.15) is 34.8 Å². The molecule has 0 aliphatic carbocycles. The van der Waals surface area contributed by atoms with Gasteiger partial charge in [0.15, 0.2) is 0 Å². The Bertz CT molecular complexity index is 923. The zero-order valence-corrected chi connectivity index (χ0v) is 16.3. The van der Waals surface area contributed by atoms with Crippen molar-refractivity contribution >= 4 is 29.2 Å². The number of hydrogen-bond donors (Lipinski definition) is 1. The zero-order valence-electron chi connectivity index (χ0n) is 16.3. The molecule has 6 heteroatoms. The lowest BCUT2D eigenvalue weighted by molar-refractivity contribution is -0.122. The first kappa shape index (κ1) is 19.6. The van der Waals surface area contributed by atoms with E-state index in [0.29, 0.717) is 23.4 Å². The number of esters is 1. The van der Waals surface area contributed by atoms with Gasteiger partial charge in [0.05, 0.1) is 18.6 Å². The van der Waals surface area contributed by atoms with E-state index < -0.39 is 11.9 Å². The van der Waals surface area contributed by atoms with Gasteiger partial charge in [0.2, 0.25) is 11.8 Å². The first-order valence-electron chi connectivity index (χ1n) is 9.32. The summed E-state index contributed by atoms with van der Waals surface area (Å²) < 4.78 is 4.77. The van der Waals surface area contributed by atoms with E-state index in [4.69, 9.17) is 4.74 Å². The Balaban J connectivity index is 1.74. The highest BCUT2D eigenvalue weighted by molar-refractivity contribution is 6.04. The molecular weight excluding hydrogens is 356 g/mol. The predicted molar refractivity (Wildman–Crippen MR) is 107 cm³/mol. The maximum atomic E-state index is 12.8. The van der Waals surface area contributed by atoms with E-state index in [2.05, 4.69) is 12.2 Å². The van der Waals surface area contributed by atoms with E-state index in [1.807, 2.05) is 24.3 Å². The van der Waals surface area contributed by atoms with Crippen LogP contribution in [0.4, 0.5) is 11.4 Å². The van der Waals surface area contributed by atoms with Crippen LogP contribution >= 0.6 is 0 Å². The molecule has 0 saturated carbocycles. The molecule has 0 aromatic heterocycles. The van der Waals surface area contributed by atoms with Crippen LogP contribution in [0.5, 0.6) is 0 Å². The average Bonchev–Trinajstić information content (AvgIpc) is 3.11. The lowest BCUT2D eigenvalue weighted by Gasteiger charge is -2.18. The monoisotopic (exact) mass is 380 g/mol. The van der Waals surface area contributed by atoms with Crippen molar-refractivity contribution in [2.24, 2.45) is 5.92 Å². The molecule has 1 aliphatic heterocycles. The third kappa shape index (κ3) is 3.91. The Morgan fingerprint density at radius 1 is 1.21 bits per heavy atom. The maximum Gasteiger partial charge on any atom is 0.338 e. The third-order valence-electron chi connectivity index (χ3n) is 5.12. The molecule has 2 amide bonds. The second-order valence-corrected chi connectivity index (χ2v) is 6.89. The fourth-order valence-corrected chi connectivity index (χ4v) is 3.41. The van der Waals surface area contributed by atoms with Crippen LogP contribution in [0.3, 0.4) is 0 Å². The minimum Gasteiger partial charge on any atom is -0.465 e. The Labute approximate surface area is 164 Å². The Morgan fingerprint density at radius 2 is 1.96 bits per heavy atom. The molecule has 1 saturated heterocycles. The lowest BCUT2D eigenvalue weighted by atomic mass is 10.0. The van der Waals surface area contributed by atoms with Crippen LogP contribution in [0.2, 0.25) is 0 Å². The summed E-state index contributed by atoms with van der Waals surface area (Å²) in [4.78, 5) is 38.7. The van der Waals surface area contributed by atoms with Crippen LogP contribution in [0.15, 0.2) is 42.5 Å². The fourth-order valence-electron chi connectivity index (χ4n) is 3.41. The van der Waals surface area contributed by atoms with E-state index in [1.165, 1.54) is 7.11 Å². The van der Waals surface area contributed by atoms with E-state index in [9.17, 15) is 14.4 Å². The Hall–Kier alpha value is -3.15. The molecule has 28 heavy (non-hydrogen) atoms. The number of nitrogens with zero attached hydrogens (tertiary/aromatic N) is 1. The fraction of sp³-hybridized carbons (Fsp3) is 0.318. The molecule has 6 nitrogen and oxygen atoms in total. The number of nitrogens with one attached hydrogen (secondary N) is 1. The highest BCUT2D eigenvalue weighted by Crippen LogP contribution is 2.28. The summed E-state index contributed by atoms with van der Waals surface area (Å²) in [6.07, 6.45) is 1.05. The van der Waals surface area contributed by atoms with Gasteiger partial charge in [0.25, 0.3) is 0 Å².